The average Bonchev–Trinajstić information content (AvgIpc) is 3.06. The minimum absolute atomic E-state index is 0.388. The van der Waals surface area contributed by atoms with Crippen LogP contribution in [0.4, 0.5) is 13.2 Å². The number of carboxylic acids is 1. The molecule has 1 aromatic rings. The molecule has 1 aliphatic carbocycles. The number of hydrogen-bond donors (Lipinski definition) is 1. The largest absolute Gasteiger partial charge is 0.481 e. The van der Waals surface area contributed by atoms with E-state index in [1.807, 2.05) is 0 Å². The first-order valence-electron chi connectivity index (χ1n) is 7.97. The van der Waals surface area contributed by atoms with E-state index in [9.17, 15) is 22.8 Å². The minimum atomic E-state index is -4.62. The molecule has 0 unspecified atom stereocenters. The lowest BCUT2D eigenvalue weighted by Crippen LogP contribution is -2.34. The fourth-order valence-electron chi connectivity index (χ4n) is 3.48. The lowest BCUT2D eigenvalue weighted by molar-refractivity contribution is -0.187. The van der Waals surface area contributed by atoms with Crippen LogP contribution in [0, 0.1) is 11.8 Å². The van der Waals surface area contributed by atoms with E-state index in [1.54, 1.807) is 6.07 Å². The van der Waals surface area contributed by atoms with Crippen molar-refractivity contribution < 1.29 is 27.9 Å². The number of carbonyl (C=O) groups is 2. The number of aryl methyl sites for hydroxylation is 2. The lowest BCUT2D eigenvalue weighted by Gasteiger charge is -2.18. The molecular formula is C16H18F3NO3S. The summed E-state index contributed by atoms with van der Waals surface area (Å²) in [6, 6.07) is 1.78. The molecule has 0 spiro atoms. The van der Waals surface area contributed by atoms with E-state index in [4.69, 9.17) is 5.11 Å². The maximum atomic E-state index is 13.0. The number of rotatable bonds is 2. The molecule has 132 valence electrons. The first kappa shape index (κ1) is 17.3. The van der Waals surface area contributed by atoms with E-state index in [0.29, 0.717) is 4.88 Å². The van der Waals surface area contributed by atoms with Crippen molar-refractivity contribution in [1.82, 2.24) is 4.90 Å². The number of thiophene rings is 1. The first-order valence-corrected chi connectivity index (χ1v) is 8.79. The van der Waals surface area contributed by atoms with Gasteiger partial charge in [-0.3, -0.25) is 9.59 Å². The van der Waals surface area contributed by atoms with E-state index in [0.717, 1.165) is 47.4 Å². The van der Waals surface area contributed by atoms with E-state index in [1.165, 1.54) is 11.3 Å². The molecule has 3 rings (SSSR count). The normalized spacial score (nSPS) is 24.5. The Bertz CT molecular complexity index is 632. The van der Waals surface area contributed by atoms with Crippen LogP contribution in [-0.2, 0) is 17.6 Å². The van der Waals surface area contributed by atoms with Gasteiger partial charge in [-0.15, -0.1) is 11.3 Å². The lowest BCUT2D eigenvalue weighted by atomic mass is 9.96. The van der Waals surface area contributed by atoms with Crippen molar-refractivity contribution in [1.29, 1.82) is 0 Å². The Balaban J connectivity index is 1.79. The van der Waals surface area contributed by atoms with Gasteiger partial charge >= 0.3 is 12.1 Å². The SMILES string of the molecule is O=C(O)[C@@H]1CN(C(=O)c2cc3c(s2)CCCCC3)C[C@H]1C(F)(F)F. The first-order chi connectivity index (χ1) is 11.3. The third-order valence-corrected chi connectivity index (χ3v) is 6.03. The van der Waals surface area contributed by atoms with Gasteiger partial charge in [0.1, 0.15) is 0 Å². The maximum absolute atomic E-state index is 13.0. The molecule has 8 heteroatoms. The summed E-state index contributed by atoms with van der Waals surface area (Å²) in [5, 5.41) is 9.05. The van der Waals surface area contributed by atoms with Crippen molar-refractivity contribution in [2.24, 2.45) is 11.8 Å². The van der Waals surface area contributed by atoms with Gasteiger partial charge in [0, 0.05) is 18.0 Å². The molecule has 1 N–H and O–H groups in total. The number of carboxylic acid groups (broad SMARTS) is 1. The van der Waals surface area contributed by atoms with Gasteiger partial charge in [-0.1, -0.05) is 6.42 Å². The standard InChI is InChI=1S/C16H18F3NO3S/c17-16(18,19)11-8-20(7-10(11)15(22)23)14(21)13-6-9-4-2-1-3-5-12(9)24-13/h6,10-11H,1-5,7-8H2,(H,22,23)/t10-,11-/m1/s1. The monoisotopic (exact) mass is 361 g/mol. The van der Waals surface area contributed by atoms with E-state index in [2.05, 4.69) is 0 Å². The zero-order valence-electron chi connectivity index (χ0n) is 12.9. The molecule has 1 saturated heterocycles. The molecule has 0 saturated carbocycles. The number of hydrogen-bond acceptors (Lipinski definition) is 3. The fraction of sp³-hybridized carbons (Fsp3) is 0.625. The van der Waals surface area contributed by atoms with E-state index < -0.39 is 36.4 Å². The second-order valence-corrected chi connectivity index (χ2v) is 7.56. The molecular weight excluding hydrogens is 343 g/mol. The number of halogens is 3. The van der Waals surface area contributed by atoms with Gasteiger partial charge < -0.3 is 10.0 Å². The van der Waals surface area contributed by atoms with Crippen molar-refractivity contribution in [3.8, 4) is 0 Å². The van der Waals surface area contributed by atoms with Crippen molar-refractivity contribution in [3.63, 3.8) is 0 Å². The summed E-state index contributed by atoms with van der Waals surface area (Å²) in [5.41, 5.74) is 1.11. The highest BCUT2D eigenvalue weighted by molar-refractivity contribution is 7.14. The van der Waals surface area contributed by atoms with E-state index in [-0.39, 0.29) is 6.54 Å². The molecule has 1 aromatic heterocycles. The van der Waals surface area contributed by atoms with Crippen LogP contribution < -0.4 is 0 Å². The van der Waals surface area contributed by atoms with Crippen molar-refractivity contribution in [3.05, 3.63) is 21.4 Å². The van der Waals surface area contributed by atoms with Gasteiger partial charge in [0.25, 0.3) is 5.91 Å². The van der Waals surface area contributed by atoms with Crippen LogP contribution in [0.1, 0.15) is 39.4 Å². The summed E-state index contributed by atoms with van der Waals surface area (Å²) >= 11 is 1.34. The Hall–Kier alpha value is -1.57. The molecule has 2 heterocycles. The highest BCUT2D eigenvalue weighted by atomic mass is 32.1. The van der Waals surface area contributed by atoms with Gasteiger partial charge in [0.15, 0.2) is 0 Å². The average molecular weight is 361 g/mol. The molecule has 1 aliphatic heterocycles. The molecule has 0 aromatic carbocycles. The van der Waals surface area contributed by atoms with Gasteiger partial charge in [0.2, 0.25) is 0 Å². The van der Waals surface area contributed by atoms with Crippen LogP contribution in [0.2, 0.25) is 0 Å². The molecule has 0 radical (unpaired) electrons. The molecule has 1 amide bonds. The van der Waals surface area contributed by atoms with Gasteiger partial charge in [-0.2, -0.15) is 13.2 Å². The number of carbonyl (C=O) groups excluding carboxylic acids is 1. The van der Waals surface area contributed by atoms with Gasteiger partial charge in [-0.05, 0) is 37.3 Å². The highest BCUT2D eigenvalue weighted by Crippen LogP contribution is 2.39. The Kier molecular flexibility index (Phi) is 4.59. The Morgan fingerprint density at radius 1 is 1.17 bits per heavy atom. The smallest absolute Gasteiger partial charge is 0.394 e. The fourth-order valence-corrected chi connectivity index (χ4v) is 4.70. The second-order valence-electron chi connectivity index (χ2n) is 6.42. The van der Waals surface area contributed by atoms with Crippen LogP contribution in [-0.4, -0.2) is 41.1 Å². The zero-order valence-corrected chi connectivity index (χ0v) is 13.8. The van der Waals surface area contributed by atoms with Gasteiger partial charge in [-0.25, -0.2) is 0 Å². The van der Waals surface area contributed by atoms with Crippen LogP contribution in [0.5, 0.6) is 0 Å². The Morgan fingerprint density at radius 3 is 2.50 bits per heavy atom. The van der Waals surface area contributed by atoms with Crippen LogP contribution >= 0.6 is 11.3 Å². The molecule has 24 heavy (non-hydrogen) atoms. The predicted molar refractivity (Wildman–Crippen MR) is 82.2 cm³/mol. The highest BCUT2D eigenvalue weighted by Gasteiger charge is 2.53. The Morgan fingerprint density at radius 2 is 1.88 bits per heavy atom. The second kappa shape index (κ2) is 6.38. The maximum Gasteiger partial charge on any atom is 0.394 e. The summed E-state index contributed by atoms with van der Waals surface area (Å²) in [7, 11) is 0. The number of aliphatic carboxylic acids is 1. The van der Waals surface area contributed by atoms with Crippen molar-refractivity contribution in [2.75, 3.05) is 13.1 Å². The number of likely N-dealkylation sites (tertiary alicyclic amines) is 1. The number of amides is 1. The molecule has 1 fully saturated rings. The third kappa shape index (κ3) is 3.29. The van der Waals surface area contributed by atoms with E-state index >= 15 is 0 Å². The molecule has 0 bridgehead atoms. The summed E-state index contributed by atoms with van der Waals surface area (Å²) in [6.07, 6.45) is 0.424. The number of nitrogens with zero attached hydrogens (tertiary/aromatic N) is 1. The predicted octanol–water partition coefficient (Wildman–Crippen LogP) is 3.35. The Labute approximate surface area is 141 Å². The minimum Gasteiger partial charge on any atom is -0.481 e. The molecule has 2 aliphatic rings. The van der Waals surface area contributed by atoms with Crippen LogP contribution in [0.3, 0.4) is 0 Å². The zero-order chi connectivity index (χ0) is 17.5. The number of alkyl halides is 3. The van der Waals surface area contributed by atoms with Crippen molar-refractivity contribution >= 4 is 23.2 Å². The van der Waals surface area contributed by atoms with Crippen LogP contribution in [0.15, 0.2) is 6.07 Å². The topological polar surface area (TPSA) is 57.6 Å². The summed E-state index contributed by atoms with van der Waals surface area (Å²) in [4.78, 5) is 26.3. The van der Waals surface area contributed by atoms with Crippen LogP contribution in [0.25, 0.3) is 0 Å². The summed E-state index contributed by atoms with van der Waals surface area (Å²) < 4.78 is 39.1. The van der Waals surface area contributed by atoms with Gasteiger partial charge in [0.05, 0.1) is 16.7 Å². The molecule has 2 atom stereocenters. The van der Waals surface area contributed by atoms with Crippen molar-refractivity contribution in [2.45, 2.75) is 38.3 Å². The number of fused-ring (bicyclic) bond motifs is 1. The third-order valence-electron chi connectivity index (χ3n) is 4.80. The summed E-state index contributed by atoms with van der Waals surface area (Å²) in [6.45, 7) is -0.969. The molecule has 4 nitrogen and oxygen atoms in total. The quantitative estimate of drug-likeness (QED) is 0.822. The summed E-state index contributed by atoms with van der Waals surface area (Å²) in [5.74, 6) is -5.58.